The second kappa shape index (κ2) is 7.08. The Morgan fingerprint density at radius 2 is 2.19 bits per heavy atom. The van der Waals surface area contributed by atoms with Gasteiger partial charge < -0.3 is 14.6 Å². The van der Waals surface area contributed by atoms with E-state index >= 15 is 0 Å². The molecule has 0 bridgehead atoms. The predicted molar refractivity (Wildman–Crippen MR) is 81.5 cm³/mol. The lowest BCUT2D eigenvalue weighted by Gasteiger charge is -2.11. The van der Waals surface area contributed by atoms with Crippen LogP contribution in [0.25, 0.3) is 10.6 Å². The van der Waals surface area contributed by atoms with Crippen LogP contribution in [-0.4, -0.2) is 29.8 Å². The van der Waals surface area contributed by atoms with Crippen LogP contribution in [0.3, 0.4) is 0 Å². The number of aromatic nitrogens is 1. The molecule has 0 amide bonds. The minimum atomic E-state index is -1.02. The van der Waals surface area contributed by atoms with E-state index in [9.17, 15) is 4.79 Å². The summed E-state index contributed by atoms with van der Waals surface area (Å²) in [4.78, 5) is 15.0. The molecular formula is C15H17NO4S. The van der Waals surface area contributed by atoms with Crippen molar-refractivity contribution < 1.29 is 19.4 Å². The van der Waals surface area contributed by atoms with E-state index in [2.05, 4.69) is 11.9 Å². The summed E-state index contributed by atoms with van der Waals surface area (Å²) in [6.07, 6.45) is 2.05. The molecule has 6 heteroatoms. The Hall–Kier alpha value is -2.08. The number of nitrogens with zero attached hydrogens (tertiary/aromatic N) is 1. The molecule has 0 fully saturated rings. The lowest BCUT2D eigenvalue weighted by atomic mass is 10.2. The van der Waals surface area contributed by atoms with Crippen LogP contribution < -0.4 is 9.47 Å². The highest BCUT2D eigenvalue weighted by Crippen LogP contribution is 2.33. The van der Waals surface area contributed by atoms with Gasteiger partial charge >= 0.3 is 5.97 Å². The number of methoxy groups -OCH3 is 1. The van der Waals surface area contributed by atoms with Gasteiger partial charge in [0.05, 0.1) is 13.7 Å². The Labute approximate surface area is 127 Å². The standard InChI is InChI=1S/C15H17NO4S/c1-3-4-7-20-12-6-5-10(8-13(12)19-2)14-16-11(9-21-14)15(17)18/h5-6,8-9H,3-4,7H2,1-2H3,(H,17,18). The molecule has 0 saturated heterocycles. The number of aromatic carboxylic acids is 1. The molecule has 0 unspecified atom stereocenters. The van der Waals surface area contributed by atoms with Gasteiger partial charge in [-0.05, 0) is 24.6 Å². The number of carboxylic acid groups (broad SMARTS) is 1. The van der Waals surface area contributed by atoms with Crippen molar-refractivity contribution in [2.45, 2.75) is 19.8 Å². The van der Waals surface area contributed by atoms with Crippen molar-refractivity contribution in [1.82, 2.24) is 4.98 Å². The van der Waals surface area contributed by atoms with E-state index in [4.69, 9.17) is 14.6 Å². The number of unbranched alkanes of at least 4 members (excludes halogenated alkanes) is 1. The summed E-state index contributed by atoms with van der Waals surface area (Å²) in [5.41, 5.74) is 0.865. The molecule has 0 spiro atoms. The van der Waals surface area contributed by atoms with E-state index in [1.54, 1.807) is 7.11 Å². The highest BCUT2D eigenvalue weighted by Gasteiger charge is 2.12. The number of rotatable bonds is 7. The third-order valence-corrected chi connectivity index (χ3v) is 3.78. The SMILES string of the molecule is CCCCOc1ccc(-c2nc(C(=O)O)cs2)cc1OC. The van der Waals surface area contributed by atoms with Gasteiger partial charge in [-0.1, -0.05) is 13.3 Å². The third-order valence-electron chi connectivity index (χ3n) is 2.89. The minimum absolute atomic E-state index is 0.0530. The van der Waals surface area contributed by atoms with Crippen LogP contribution in [0.15, 0.2) is 23.6 Å². The van der Waals surface area contributed by atoms with Gasteiger partial charge in [-0.15, -0.1) is 11.3 Å². The maximum Gasteiger partial charge on any atom is 0.355 e. The van der Waals surface area contributed by atoms with Crippen LogP contribution in [0.4, 0.5) is 0 Å². The largest absolute Gasteiger partial charge is 0.493 e. The summed E-state index contributed by atoms with van der Waals surface area (Å²) in [6, 6.07) is 5.49. The van der Waals surface area contributed by atoms with Gasteiger partial charge in [0.15, 0.2) is 17.2 Å². The fraction of sp³-hybridized carbons (Fsp3) is 0.333. The van der Waals surface area contributed by atoms with Crippen molar-refractivity contribution in [3.05, 3.63) is 29.3 Å². The number of carboxylic acids is 1. The van der Waals surface area contributed by atoms with Crippen LogP contribution in [0.5, 0.6) is 11.5 Å². The Bertz CT molecular complexity index is 624. The van der Waals surface area contributed by atoms with Crippen molar-refractivity contribution in [3.8, 4) is 22.1 Å². The molecule has 1 heterocycles. The van der Waals surface area contributed by atoms with Crippen LogP contribution in [0.1, 0.15) is 30.3 Å². The lowest BCUT2D eigenvalue weighted by molar-refractivity contribution is 0.0691. The smallest absolute Gasteiger partial charge is 0.355 e. The maximum atomic E-state index is 10.9. The van der Waals surface area contributed by atoms with Gasteiger partial charge in [0.2, 0.25) is 0 Å². The van der Waals surface area contributed by atoms with Crippen LogP contribution in [0.2, 0.25) is 0 Å². The highest BCUT2D eigenvalue weighted by atomic mass is 32.1. The number of hydrogen-bond acceptors (Lipinski definition) is 5. The Morgan fingerprint density at radius 1 is 1.38 bits per heavy atom. The van der Waals surface area contributed by atoms with Crippen molar-refractivity contribution in [2.75, 3.05) is 13.7 Å². The Balaban J connectivity index is 2.22. The van der Waals surface area contributed by atoms with Crippen molar-refractivity contribution in [3.63, 3.8) is 0 Å². The number of benzene rings is 1. The van der Waals surface area contributed by atoms with E-state index in [-0.39, 0.29) is 5.69 Å². The molecule has 1 N–H and O–H groups in total. The third kappa shape index (κ3) is 3.72. The topological polar surface area (TPSA) is 68.7 Å². The number of hydrogen-bond donors (Lipinski definition) is 1. The first-order valence-electron chi connectivity index (χ1n) is 6.65. The molecule has 1 aromatic heterocycles. The monoisotopic (exact) mass is 307 g/mol. The zero-order chi connectivity index (χ0) is 15.2. The van der Waals surface area contributed by atoms with Gasteiger partial charge in [-0.25, -0.2) is 9.78 Å². The normalized spacial score (nSPS) is 10.4. The van der Waals surface area contributed by atoms with Crippen molar-refractivity contribution >= 4 is 17.3 Å². The first-order chi connectivity index (χ1) is 10.2. The second-order valence-corrected chi connectivity index (χ2v) is 5.27. The number of thiazole rings is 1. The first-order valence-corrected chi connectivity index (χ1v) is 7.53. The van der Waals surface area contributed by atoms with Crippen molar-refractivity contribution in [1.29, 1.82) is 0 Å². The average molecular weight is 307 g/mol. The fourth-order valence-electron chi connectivity index (χ4n) is 1.75. The van der Waals surface area contributed by atoms with Crippen molar-refractivity contribution in [2.24, 2.45) is 0 Å². The molecule has 112 valence electrons. The summed E-state index contributed by atoms with van der Waals surface area (Å²) in [5.74, 6) is 0.282. The average Bonchev–Trinajstić information content (AvgIpc) is 2.98. The summed E-state index contributed by atoms with van der Waals surface area (Å²) in [7, 11) is 1.58. The van der Waals surface area contributed by atoms with E-state index in [0.717, 1.165) is 18.4 Å². The number of ether oxygens (including phenoxy) is 2. The molecule has 0 radical (unpaired) electrons. The molecule has 1 aromatic carbocycles. The molecule has 0 aliphatic carbocycles. The molecule has 0 aliphatic rings. The zero-order valence-corrected chi connectivity index (χ0v) is 12.8. The van der Waals surface area contributed by atoms with E-state index < -0.39 is 5.97 Å². The number of carbonyl (C=O) groups is 1. The maximum absolute atomic E-state index is 10.9. The van der Waals surface area contributed by atoms with Gasteiger partial charge in [0, 0.05) is 10.9 Å². The molecule has 0 saturated carbocycles. The van der Waals surface area contributed by atoms with Gasteiger partial charge in [0.25, 0.3) is 0 Å². The lowest BCUT2D eigenvalue weighted by Crippen LogP contribution is -1.99. The zero-order valence-electron chi connectivity index (χ0n) is 12.0. The van der Waals surface area contributed by atoms with Crippen LogP contribution in [0, 0.1) is 0 Å². The van der Waals surface area contributed by atoms with E-state index in [1.165, 1.54) is 16.7 Å². The van der Waals surface area contributed by atoms with Crippen LogP contribution >= 0.6 is 11.3 Å². The molecular weight excluding hydrogens is 290 g/mol. The second-order valence-electron chi connectivity index (χ2n) is 4.41. The highest BCUT2D eigenvalue weighted by molar-refractivity contribution is 7.13. The molecule has 2 rings (SSSR count). The van der Waals surface area contributed by atoms with E-state index in [1.807, 2.05) is 18.2 Å². The summed E-state index contributed by atoms with van der Waals surface area (Å²) < 4.78 is 11.0. The summed E-state index contributed by atoms with van der Waals surface area (Å²) >= 11 is 1.29. The molecule has 0 aliphatic heterocycles. The summed E-state index contributed by atoms with van der Waals surface area (Å²) in [6.45, 7) is 2.75. The summed E-state index contributed by atoms with van der Waals surface area (Å²) in [5, 5.41) is 11.1. The van der Waals surface area contributed by atoms with Gasteiger partial charge in [0.1, 0.15) is 5.01 Å². The predicted octanol–water partition coefficient (Wildman–Crippen LogP) is 3.70. The Morgan fingerprint density at radius 3 is 2.81 bits per heavy atom. The minimum Gasteiger partial charge on any atom is -0.493 e. The Kier molecular flexibility index (Phi) is 5.16. The first kappa shape index (κ1) is 15.3. The molecule has 5 nitrogen and oxygen atoms in total. The fourth-order valence-corrected chi connectivity index (χ4v) is 2.54. The van der Waals surface area contributed by atoms with Crippen LogP contribution in [-0.2, 0) is 0 Å². The van der Waals surface area contributed by atoms with Gasteiger partial charge in [-0.3, -0.25) is 0 Å². The quantitative estimate of drug-likeness (QED) is 0.790. The van der Waals surface area contributed by atoms with Gasteiger partial charge in [-0.2, -0.15) is 0 Å². The molecule has 2 aromatic rings. The molecule has 21 heavy (non-hydrogen) atoms. The molecule has 0 atom stereocenters. The van der Waals surface area contributed by atoms with E-state index in [0.29, 0.717) is 23.1 Å².